The zero-order valence-corrected chi connectivity index (χ0v) is 18.1. The van der Waals surface area contributed by atoms with Gasteiger partial charge in [-0.1, -0.05) is 78.9 Å². The molecule has 1 amide bonds. The third-order valence-electron chi connectivity index (χ3n) is 5.36. The minimum atomic E-state index is -4.78. The number of para-hydroxylation sites is 1. The van der Waals surface area contributed by atoms with E-state index in [1.807, 2.05) is 12.1 Å². The topological polar surface area (TPSA) is 81.4 Å². The zero-order chi connectivity index (χ0) is 24.4. The van der Waals surface area contributed by atoms with E-state index < -0.39 is 24.3 Å². The first-order chi connectivity index (χ1) is 16.9. The molecule has 0 aliphatic carbocycles. The predicted octanol–water partition coefficient (Wildman–Crippen LogP) is 5.06. The maximum absolute atomic E-state index is 13.9. The van der Waals surface area contributed by atoms with E-state index in [9.17, 15) is 18.0 Å². The normalized spacial score (nSPS) is 14.8. The van der Waals surface area contributed by atoms with E-state index in [4.69, 9.17) is 4.74 Å². The average Bonchev–Trinajstić information content (AvgIpc) is 3.27. The summed E-state index contributed by atoms with van der Waals surface area (Å²) >= 11 is 0. The third kappa shape index (κ3) is 4.50. The van der Waals surface area contributed by atoms with E-state index in [0.29, 0.717) is 16.8 Å². The molecule has 1 aliphatic heterocycles. The minimum Gasteiger partial charge on any atom is -0.445 e. The van der Waals surface area contributed by atoms with Crippen molar-refractivity contribution in [1.29, 1.82) is 0 Å². The van der Waals surface area contributed by atoms with Crippen LogP contribution in [0.2, 0.25) is 0 Å². The first-order valence-electron chi connectivity index (χ1n) is 10.6. The smallest absolute Gasteiger partial charge is 0.445 e. The molecule has 1 N–H and O–H groups in total. The molecule has 0 fully saturated rings. The van der Waals surface area contributed by atoms with E-state index in [1.54, 1.807) is 66.7 Å². The van der Waals surface area contributed by atoms with Crippen LogP contribution >= 0.6 is 0 Å². The second-order valence-corrected chi connectivity index (χ2v) is 7.68. The lowest BCUT2D eigenvalue weighted by molar-refractivity contribution is -0.146. The Kier molecular flexibility index (Phi) is 5.77. The highest BCUT2D eigenvalue weighted by atomic mass is 19.4. The van der Waals surface area contributed by atoms with Crippen LogP contribution in [0.4, 0.5) is 18.0 Å². The lowest BCUT2D eigenvalue weighted by Crippen LogP contribution is -2.30. The van der Waals surface area contributed by atoms with Crippen molar-refractivity contribution in [2.45, 2.75) is 18.9 Å². The fraction of sp³-hybridized carbons (Fsp3) is 0.120. The van der Waals surface area contributed by atoms with Gasteiger partial charge in [0.1, 0.15) is 6.61 Å². The lowest BCUT2D eigenvalue weighted by atomic mass is 10.0. The molecule has 5 rings (SSSR count). The summed E-state index contributed by atoms with van der Waals surface area (Å²) in [6.07, 6.45) is -6.93. The summed E-state index contributed by atoms with van der Waals surface area (Å²) in [6.45, 7) is -0.0185. The number of aromatic nitrogens is 3. The van der Waals surface area contributed by atoms with Gasteiger partial charge in [0.15, 0.2) is 12.0 Å². The van der Waals surface area contributed by atoms with Crippen molar-refractivity contribution in [3.8, 4) is 5.69 Å². The Bertz CT molecular complexity index is 1390. The minimum absolute atomic E-state index is 0.0185. The molecule has 1 atom stereocenters. The predicted molar refractivity (Wildman–Crippen MR) is 121 cm³/mol. The molecule has 1 aromatic heterocycles. The Morgan fingerprint density at radius 3 is 2.29 bits per heavy atom. The van der Waals surface area contributed by atoms with Crippen LogP contribution in [-0.2, 0) is 17.5 Å². The van der Waals surface area contributed by atoms with Gasteiger partial charge < -0.3 is 4.74 Å². The Hall–Kier alpha value is -4.47. The van der Waals surface area contributed by atoms with Crippen molar-refractivity contribution < 1.29 is 22.7 Å². The number of hydrogen-bond donors (Lipinski definition) is 1. The molecule has 1 aliphatic rings. The largest absolute Gasteiger partial charge is 0.452 e. The van der Waals surface area contributed by atoms with Gasteiger partial charge in [0, 0.05) is 11.1 Å². The number of benzene rings is 3. The van der Waals surface area contributed by atoms with Crippen molar-refractivity contribution in [3.05, 3.63) is 113 Å². The van der Waals surface area contributed by atoms with Crippen LogP contribution in [0.1, 0.15) is 34.5 Å². The maximum atomic E-state index is 13.9. The van der Waals surface area contributed by atoms with Crippen LogP contribution in [0.3, 0.4) is 0 Å². The van der Waals surface area contributed by atoms with E-state index >= 15 is 0 Å². The summed E-state index contributed by atoms with van der Waals surface area (Å²) in [7, 11) is 0. The number of aliphatic imine (C=N–C) groups is 1. The number of halogens is 3. The fourth-order valence-electron chi connectivity index (χ4n) is 3.82. The molecule has 4 aromatic rings. The standard InChI is InChI=1S/C25H18F3N5O2/c26-25(27,28)23-32-31-22-21(30-24(34)35-15-16-9-3-1-4-10-16)29-20(17-11-5-2-6-12-17)18-13-7-8-14-19(18)33(22)23/h1-14,21H,15H2,(H,30,34). The summed E-state index contributed by atoms with van der Waals surface area (Å²) in [5.74, 6) is -1.40. The number of rotatable bonds is 4. The van der Waals surface area contributed by atoms with E-state index in [-0.39, 0.29) is 18.1 Å². The molecule has 10 heteroatoms. The number of nitrogens with zero attached hydrogens (tertiary/aromatic N) is 4. The second-order valence-electron chi connectivity index (χ2n) is 7.68. The van der Waals surface area contributed by atoms with Gasteiger partial charge in [0.05, 0.1) is 11.4 Å². The highest BCUT2D eigenvalue weighted by molar-refractivity contribution is 6.15. The molecule has 2 heterocycles. The lowest BCUT2D eigenvalue weighted by Gasteiger charge is -2.15. The third-order valence-corrected chi connectivity index (χ3v) is 5.36. The van der Waals surface area contributed by atoms with E-state index in [0.717, 1.165) is 10.1 Å². The number of nitrogens with one attached hydrogen (secondary N) is 1. The van der Waals surface area contributed by atoms with Crippen LogP contribution < -0.4 is 5.32 Å². The van der Waals surface area contributed by atoms with Crippen molar-refractivity contribution in [3.63, 3.8) is 0 Å². The highest BCUT2D eigenvalue weighted by Crippen LogP contribution is 2.35. The summed E-state index contributed by atoms with van der Waals surface area (Å²) in [5, 5.41) is 9.71. The van der Waals surface area contributed by atoms with Crippen molar-refractivity contribution in [2.24, 2.45) is 4.99 Å². The van der Waals surface area contributed by atoms with Crippen LogP contribution in [0.15, 0.2) is 89.9 Å². The molecule has 0 spiro atoms. The average molecular weight is 477 g/mol. The molecular weight excluding hydrogens is 459 g/mol. The number of hydrogen-bond acceptors (Lipinski definition) is 5. The fourth-order valence-corrected chi connectivity index (χ4v) is 3.82. The summed E-state index contributed by atoms with van der Waals surface area (Å²) in [5.41, 5.74) is 2.45. The number of carbonyl (C=O) groups excluding carboxylic acids is 1. The zero-order valence-electron chi connectivity index (χ0n) is 18.1. The molecular formula is C25H18F3N5O2. The molecule has 7 nitrogen and oxygen atoms in total. The van der Waals surface area contributed by atoms with Gasteiger partial charge >= 0.3 is 12.3 Å². The van der Waals surface area contributed by atoms with Gasteiger partial charge in [-0.15, -0.1) is 10.2 Å². The van der Waals surface area contributed by atoms with Crippen molar-refractivity contribution >= 4 is 11.8 Å². The number of ether oxygens (including phenoxy) is 1. The number of amides is 1. The molecule has 0 saturated heterocycles. The summed E-state index contributed by atoms with van der Waals surface area (Å²) < 4.78 is 47.8. The molecule has 0 bridgehead atoms. The molecule has 0 saturated carbocycles. The van der Waals surface area contributed by atoms with Gasteiger partial charge in [0.25, 0.3) is 0 Å². The molecule has 3 aromatic carbocycles. The molecule has 176 valence electrons. The van der Waals surface area contributed by atoms with Crippen molar-refractivity contribution in [2.75, 3.05) is 0 Å². The molecule has 0 radical (unpaired) electrons. The van der Waals surface area contributed by atoms with E-state index in [1.165, 1.54) is 6.07 Å². The number of alkyl halides is 3. The van der Waals surface area contributed by atoms with Crippen LogP contribution in [-0.4, -0.2) is 26.6 Å². The van der Waals surface area contributed by atoms with Gasteiger partial charge in [-0.2, -0.15) is 13.2 Å². The van der Waals surface area contributed by atoms with Gasteiger partial charge in [-0.25, -0.2) is 4.79 Å². The Balaban J connectivity index is 1.59. The number of alkyl carbamates (subject to hydrolysis) is 1. The number of fused-ring (bicyclic) bond motifs is 3. The highest BCUT2D eigenvalue weighted by Gasteiger charge is 2.42. The first kappa shape index (κ1) is 22.3. The van der Waals surface area contributed by atoms with Crippen LogP contribution in [0, 0.1) is 0 Å². The number of carbonyl (C=O) groups is 1. The molecule has 1 unspecified atom stereocenters. The first-order valence-corrected chi connectivity index (χ1v) is 10.6. The Labute approximate surface area is 197 Å². The van der Waals surface area contributed by atoms with Gasteiger partial charge in [-0.05, 0) is 11.6 Å². The Morgan fingerprint density at radius 2 is 1.57 bits per heavy atom. The Morgan fingerprint density at radius 1 is 0.914 bits per heavy atom. The van der Waals surface area contributed by atoms with Crippen LogP contribution in [0.25, 0.3) is 5.69 Å². The molecule has 35 heavy (non-hydrogen) atoms. The summed E-state index contributed by atoms with van der Waals surface area (Å²) in [4.78, 5) is 17.3. The SMILES string of the molecule is O=C(NC1N=C(c2ccccc2)c2ccccc2-n2c1nnc2C(F)(F)F)OCc1ccccc1. The monoisotopic (exact) mass is 477 g/mol. The second kappa shape index (κ2) is 9.05. The summed E-state index contributed by atoms with van der Waals surface area (Å²) in [6, 6.07) is 24.5. The maximum Gasteiger partial charge on any atom is 0.452 e. The van der Waals surface area contributed by atoms with Gasteiger partial charge in [-0.3, -0.25) is 14.9 Å². The quantitative estimate of drug-likeness (QED) is 0.446. The van der Waals surface area contributed by atoms with Crippen LogP contribution in [0.5, 0.6) is 0 Å². The van der Waals surface area contributed by atoms with Crippen molar-refractivity contribution in [1.82, 2.24) is 20.1 Å². The van der Waals surface area contributed by atoms with E-state index in [2.05, 4.69) is 20.5 Å². The van der Waals surface area contributed by atoms with Gasteiger partial charge in [0.2, 0.25) is 5.82 Å².